The van der Waals surface area contributed by atoms with Crippen molar-refractivity contribution in [2.75, 3.05) is 28.6 Å². The molecule has 27 heavy (non-hydrogen) atoms. The molecule has 1 amide bonds. The van der Waals surface area contributed by atoms with Gasteiger partial charge < -0.3 is 4.90 Å². The van der Waals surface area contributed by atoms with Gasteiger partial charge in [-0.25, -0.2) is 12.8 Å². The Morgan fingerprint density at radius 2 is 1.85 bits per heavy atom. The molecule has 0 radical (unpaired) electrons. The Morgan fingerprint density at radius 3 is 2.56 bits per heavy atom. The Kier molecular flexibility index (Phi) is 5.79. The molecule has 1 heterocycles. The fourth-order valence-corrected chi connectivity index (χ4v) is 4.36. The number of rotatable bonds is 6. The molecule has 1 aliphatic heterocycles. The third kappa shape index (κ3) is 4.66. The maximum Gasteiger partial charge on any atom is 0.232 e. The number of amides is 1. The Balaban J connectivity index is 1.65. The molecule has 0 unspecified atom stereocenters. The second-order valence-corrected chi connectivity index (χ2v) is 8.60. The number of carbonyl (C=O) groups is 1. The molecule has 7 heteroatoms. The highest BCUT2D eigenvalue weighted by Gasteiger charge is 2.23. The largest absolute Gasteiger partial charge is 0.312 e. The van der Waals surface area contributed by atoms with Gasteiger partial charge in [0, 0.05) is 25.2 Å². The number of nitrogens with zero attached hydrogens (tertiary/aromatic N) is 2. The molecule has 0 saturated heterocycles. The summed E-state index contributed by atoms with van der Waals surface area (Å²) >= 11 is 0. The lowest BCUT2D eigenvalue weighted by Crippen LogP contribution is -2.36. The average molecular weight is 390 g/mol. The van der Waals surface area contributed by atoms with Crippen LogP contribution in [0.2, 0.25) is 0 Å². The summed E-state index contributed by atoms with van der Waals surface area (Å²) in [7, 11) is -3.52. The lowest BCUT2D eigenvalue weighted by atomic mass is 10.0. The molecule has 144 valence electrons. The van der Waals surface area contributed by atoms with E-state index in [4.69, 9.17) is 0 Å². The van der Waals surface area contributed by atoms with Gasteiger partial charge in [-0.05, 0) is 55.2 Å². The zero-order chi connectivity index (χ0) is 19.4. The van der Waals surface area contributed by atoms with Gasteiger partial charge in [0.1, 0.15) is 5.82 Å². The molecule has 1 aliphatic rings. The molecule has 0 N–H and O–H groups in total. The van der Waals surface area contributed by atoms with Gasteiger partial charge >= 0.3 is 0 Å². The van der Waals surface area contributed by atoms with Gasteiger partial charge in [0.15, 0.2) is 0 Å². The van der Waals surface area contributed by atoms with Crippen LogP contribution in [0.15, 0.2) is 48.5 Å². The molecular weight excluding hydrogens is 367 g/mol. The molecule has 5 nitrogen and oxygen atoms in total. The van der Waals surface area contributed by atoms with Crippen LogP contribution >= 0.6 is 0 Å². The molecule has 3 rings (SSSR count). The average Bonchev–Trinajstić information content (AvgIpc) is 2.64. The summed E-state index contributed by atoms with van der Waals surface area (Å²) in [5.41, 5.74) is 2.52. The van der Waals surface area contributed by atoms with Gasteiger partial charge in [0.25, 0.3) is 0 Å². The van der Waals surface area contributed by atoms with Crippen molar-refractivity contribution in [3.05, 3.63) is 59.9 Å². The van der Waals surface area contributed by atoms with E-state index in [0.29, 0.717) is 18.7 Å². The Labute approximate surface area is 159 Å². The minimum absolute atomic E-state index is 0.00490. The maximum absolute atomic E-state index is 13.1. The molecule has 0 atom stereocenters. The molecule has 2 aromatic rings. The zero-order valence-electron chi connectivity index (χ0n) is 15.3. The first-order valence-electron chi connectivity index (χ1n) is 8.98. The lowest BCUT2D eigenvalue weighted by molar-refractivity contribution is -0.118. The molecule has 0 bridgehead atoms. The topological polar surface area (TPSA) is 57.7 Å². The maximum atomic E-state index is 13.1. The first kappa shape index (κ1) is 19.4. The number of aryl methyl sites for hydroxylation is 1. The van der Waals surface area contributed by atoms with Crippen LogP contribution in [0.5, 0.6) is 0 Å². The summed E-state index contributed by atoms with van der Waals surface area (Å²) in [5, 5.41) is 0. The standard InChI is InChI=1S/C20H23FN2O3S/c1-27(25,26)23(18-12-10-17(21)11-13-18)15-5-9-20(24)22-14-4-7-16-6-2-3-8-19(16)22/h2-3,6,8,10-13H,4-5,7,9,14-15H2,1H3. The van der Waals surface area contributed by atoms with Crippen molar-refractivity contribution in [1.82, 2.24) is 0 Å². The van der Waals surface area contributed by atoms with Gasteiger partial charge in [-0.2, -0.15) is 0 Å². The second kappa shape index (κ2) is 8.08. The molecular formula is C20H23FN2O3S. The number of carbonyl (C=O) groups excluding carboxylic acids is 1. The van der Waals surface area contributed by atoms with E-state index >= 15 is 0 Å². The van der Waals surface area contributed by atoms with E-state index in [1.54, 1.807) is 4.90 Å². The van der Waals surface area contributed by atoms with Gasteiger partial charge in [-0.1, -0.05) is 18.2 Å². The van der Waals surface area contributed by atoms with Crippen LogP contribution in [0.25, 0.3) is 0 Å². The van der Waals surface area contributed by atoms with Crippen molar-refractivity contribution in [2.45, 2.75) is 25.7 Å². The highest BCUT2D eigenvalue weighted by Crippen LogP contribution is 2.27. The van der Waals surface area contributed by atoms with E-state index in [-0.39, 0.29) is 18.9 Å². The Bertz CT molecular complexity index is 913. The fraction of sp³-hybridized carbons (Fsp3) is 0.350. The van der Waals surface area contributed by atoms with Crippen LogP contribution in [-0.4, -0.2) is 33.7 Å². The monoisotopic (exact) mass is 390 g/mol. The minimum Gasteiger partial charge on any atom is -0.312 e. The lowest BCUT2D eigenvalue weighted by Gasteiger charge is -2.30. The normalized spacial score (nSPS) is 13.9. The number of anilines is 2. The number of halogens is 1. The third-order valence-corrected chi connectivity index (χ3v) is 5.87. The summed E-state index contributed by atoms with van der Waals surface area (Å²) in [6, 6.07) is 13.2. The number of sulfonamides is 1. The Morgan fingerprint density at radius 1 is 1.15 bits per heavy atom. The molecule has 0 spiro atoms. The van der Waals surface area contributed by atoms with Gasteiger partial charge in [0.2, 0.25) is 15.9 Å². The molecule has 0 aliphatic carbocycles. The van der Waals surface area contributed by atoms with Gasteiger partial charge in [0.05, 0.1) is 11.9 Å². The number of benzene rings is 2. The second-order valence-electron chi connectivity index (χ2n) is 6.69. The predicted molar refractivity (Wildman–Crippen MR) is 105 cm³/mol. The highest BCUT2D eigenvalue weighted by atomic mass is 32.2. The molecule has 0 saturated carbocycles. The summed E-state index contributed by atoms with van der Waals surface area (Å²) < 4.78 is 38.5. The van der Waals surface area contributed by atoms with Crippen LogP contribution in [0, 0.1) is 5.82 Å². The van der Waals surface area contributed by atoms with Crippen LogP contribution < -0.4 is 9.21 Å². The zero-order valence-corrected chi connectivity index (χ0v) is 16.1. The van der Waals surface area contributed by atoms with Crippen LogP contribution in [0.3, 0.4) is 0 Å². The molecule has 0 fully saturated rings. The van der Waals surface area contributed by atoms with Crippen LogP contribution in [0.4, 0.5) is 15.8 Å². The van der Waals surface area contributed by atoms with Crippen molar-refractivity contribution in [3.8, 4) is 0 Å². The highest BCUT2D eigenvalue weighted by molar-refractivity contribution is 7.92. The summed E-state index contributed by atoms with van der Waals surface area (Å²) in [6.07, 6.45) is 3.64. The molecule has 0 aromatic heterocycles. The quantitative estimate of drug-likeness (QED) is 0.760. The number of fused-ring (bicyclic) bond motifs is 1. The Hall–Kier alpha value is -2.41. The molecule has 2 aromatic carbocycles. The number of hydrogen-bond donors (Lipinski definition) is 0. The van der Waals surface area contributed by atoms with E-state index in [2.05, 4.69) is 0 Å². The number of hydrogen-bond acceptors (Lipinski definition) is 3. The van der Waals surface area contributed by atoms with E-state index in [9.17, 15) is 17.6 Å². The smallest absolute Gasteiger partial charge is 0.232 e. The first-order chi connectivity index (χ1) is 12.9. The summed E-state index contributed by atoms with van der Waals surface area (Å²) in [5.74, 6) is -0.430. The predicted octanol–water partition coefficient (Wildman–Crippen LogP) is 3.35. The van der Waals surface area contributed by atoms with Crippen LogP contribution in [-0.2, 0) is 21.2 Å². The minimum atomic E-state index is -3.52. The van der Waals surface area contributed by atoms with Crippen molar-refractivity contribution >= 4 is 27.3 Å². The van der Waals surface area contributed by atoms with E-state index in [1.165, 1.54) is 34.1 Å². The van der Waals surface area contributed by atoms with Gasteiger partial charge in [-0.3, -0.25) is 9.10 Å². The van der Waals surface area contributed by atoms with E-state index < -0.39 is 15.8 Å². The SMILES string of the molecule is CS(=O)(=O)N(CCCC(=O)N1CCCc2ccccc21)c1ccc(F)cc1. The van der Waals surface area contributed by atoms with Crippen molar-refractivity contribution in [2.24, 2.45) is 0 Å². The van der Waals surface area contributed by atoms with Crippen LogP contribution in [0.1, 0.15) is 24.8 Å². The number of para-hydroxylation sites is 1. The van der Waals surface area contributed by atoms with Crippen molar-refractivity contribution < 1.29 is 17.6 Å². The van der Waals surface area contributed by atoms with Crippen molar-refractivity contribution in [3.63, 3.8) is 0 Å². The third-order valence-electron chi connectivity index (χ3n) is 4.68. The summed E-state index contributed by atoms with van der Waals surface area (Å²) in [4.78, 5) is 14.5. The summed E-state index contributed by atoms with van der Waals surface area (Å²) in [6.45, 7) is 0.856. The van der Waals surface area contributed by atoms with E-state index in [1.807, 2.05) is 24.3 Å². The van der Waals surface area contributed by atoms with E-state index in [0.717, 1.165) is 24.8 Å². The first-order valence-corrected chi connectivity index (χ1v) is 10.8. The van der Waals surface area contributed by atoms with Gasteiger partial charge in [-0.15, -0.1) is 0 Å². The van der Waals surface area contributed by atoms with Crippen molar-refractivity contribution in [1.29, 1.82) is 0 Å². The fourth-order valence-electron chi connectivity index (χ4n) is 3.40.